The van der Waals surface area contributed by atoms with Crippen molar-refractivity contribution >= 4 is 6.03 Å². The van der Waals surface area contributed by atoms with E-state index in [2.05, 4.69) is 0 Å². The van der Waals surface area contributed by atoms with Gasteiger partial charge in [0.25, 0.3) is 5.56 Å². The van der Waals surface area contributed by atoms with Crippen LogP contribution in [0, 0.1) is 19.7 Å². The second kappa shape index (κ2) is 12.0. The van der Waals surface area contributed by atoms with E-state index in [-0.39, 0.29) is 29.6 Å². The van der Waals surface area contributed by atoms with Crippen LogP contribution in [0.5, 0.6) is 17.2 Å². The molecule has 9 heteroatoms. The van der Waals surface area contributed by atoms with E-state index in [9.17, 15) is 19.1 Å². The zero-order valence-electron chi connectivity index (χ0n) is 25.9. The number of urea groups is 1. The molecule has 2 aliphatic rings. The SMILES string of the molecule is Cc1cc(F)cc(C)c1Oc1ccc(C(C)(C)O)cc1-c1cn(C)c(=O)cc1OC1CCC(N2CCCN(C)C2=O)CC1. The Morgan fingerprint density at radius 3 is 2.23 bits per heavy atom. The number of aryl methyl sites for hydroxylation is 3. The molecule has 1 aliphatic carbocycles. The average molecular weight is 592 g/mol. The first-order chi connectivity index (χ1) is 20.3. The maximum atomic E-state index is 14.0. The van der Waals surface area contributed by atoms with Gasteiger partial charge in [-0.25, -0.2) is 9.18 Å². The fraction of sp³-hybridized carbons (Fsp3) is 0.471. The molecule has 0 atom stereocenters. The Hall–Kier alpha value is -3.85. The van der Waals surface area contributed by atoms with Crippen molar-refractivity contribution in [1.29, 1.82) is 0 Å². The molecule has 230 valence electrons. The molecule has 1 aromatic heterocycles. The maximum Gasteiger partial charge on any atom is 0.319 e. The lowest BCUT2D eigenvalue weighted by Gasteiger charge is -2.41. The highest BCUT2D eigenvalue weighted by Crippen LogP contribution is 2.42. The minimum atomic E-state index is -1.13. The second-order valence-corrected chi connectivity index (χ2v) is 12.5. The van der Waals surface area contributed by atoms with E-state index in [0.29, 0.717) is 45.1 Å². The van der Waals surface area contributed by atoms with Crippen LogP contribution < -0.4 is 15.0 Å². The summed E-state index contributed by atoms with van der Waals surface area (Å²) in [5.74, 6) is 1.14. The van der Waals surface area contributed by atoms with E-state index in [4.69, 9.17) is 9.47 Å². The standard InChI is InChI=1S/C34H42FN3O5/c1-21-16-24(35)17-22(2)32(21)43-29-13-8-23(34(3,4)41)18-27(29)28-20-37(6)31(39)19-30(28)42-26-11-9-25(10-12-26)38-15-7-14-36(5)33(38)40/h8,13,16-20,25-26,41H,7,9-12,14-15H2,1-6H3. The van der Waals surface area contributed by atoms with Crippen LogP contribution in [-0.2, 0) is 12.6 Å². The molecule has 5 rings (SSSR count). The van der Waals surface area contributed by atoms with Gasteiger partial charge in [-0.05, 0) is 101 Å². The van der Waals surface area contributed by atoms with E-state index in [1.807, 2.05) is 18.0 Å². The third-order valence-electron chi connectivity index (χ3n) is 8.65. The highest BCUT2D eigenvalue weighted by molar-refractivity contribution is 5.77. The van der Waals surface area contributed by atoms with Gasteiger partial charge < -0.3 is 28.9 Å². The summed E-state index contributed by atoms with van der Waals surface area (Å²) in [6.07, 6.45) is 5.75. The van der Waals surface area contributed by atoms with Crippen molar-refractivity contribution in [3.8, 4) is 28.4 Å². The molecule has 43 heavy (non-hydrogen) atoms. The molecule has 1 saturated carbocycles. The minimum Gasteiger partial charge on any atom is -0.490 e. The van der Waals surface area contributed by atoms with E-state index >= 15 is 0 Å². The third-order valence-corrected chi connectivity index (χ3v) is 8.65. The van der Waals surface area contributed by atoms with Crippen molar-refractivity contribution in [3.63, 3.8) is 0 Å². The Morgan fingerprint density at radius 1 is 0.907 bits per heavy atom. The quantitative estimate of drug-likeness (QED) is 0.350. The highest BCUT2D eigenvalue weighted by Gasteiger charge is 2.33. The van der Waals surface area contributed by atoms with Crippen molar-refractivity contribution < 1.29 is 23.8 Å². The normalized spacial score (nSPS) is 19.5. The Bertz CT molecular complexity index is 1550. The zero-order chi connectivity index (χ0) is 31.1. The molecule has 0 unspecified atom stereocenters. The van der Waals surface area contributed by atoms with Crippen LogP contribution in [0.4, 0.5) is 9.18 Å². The Kier molecular flexibility index (Phi) is 8.56. The van der Waals surface area contributed by atoms with Crippen molar-refractivity contribution in [2.45, 2.75) is 77.5 Å². The number of hydrogen-bond acceptors (Lipinski definition) is 5. The molecule has 2 amide bonds. The number of nitrogens with zero attached hydrogens (tertiary/aromatic N) is 3. The lowest BCUT2D eigenvalue weighted by Crippen LogP contribution is -2.53. The van der Waals surface area contributed by atoms with Crippen LogP contribution in [0.25, 0.3) is 11.1 Å². The summed E-state index contributed by atoms with van der Waals surface area (Å²) < 4.78 is 28.5. The molecule has 0 bridgehead atoms. The summed E-state index contributed by atoms with van der Waals surface area (Å²) in [4.78, 5) is 29.3. The number of aliphatic hydroxyl groups is 1. The Balaban J connectivity index is 1.48. The summed E-state index contributed by atoms with van der Waals surface area (Å²) in [5, 5.41) is 10.9. The van der Waals surface area contributed by atoms with Crippen LogP contribution in [0.2, 0.25) is 0 Å². The predicted molar refractivity (Wildman–Crippen MR) is 164 cm³/mol. The van der Waals surface area contributed by atoms with Gasteiger partial charge in [0.2, 0.25) is 0 Å². The second-order valence-electron chi connectivity index (χ2n) is 12.5. The number of benzene rings is 2. The third kappa shape index (κ3) is 6.56. The van der Waals surface area contributed by atoms with Crippen LogP contribution in [0.1, 0.15) is 62.6 Å². The van der Waals surface area contributed by atoms with Crippen LogP contribution in [0.3, 0.4) is 0 Å². The minimum absolute atomic E-state index is 0.0929. The fourth-order valence-corrected chi connectivity index (χ4v) is 6.17. The summed E-state index contributed by atoms with van der Waals surface area (Å²) in [6, 6.07) is 10.1. The van der Waals surface area contributed by atoms with Crippen molar-refractivity contribution in [3.05, 3.63) is 75.5 Å². The molecule has 0 radical (unpaired) electrons. The molecule has 1 N–H and O–H groups in total. The van der Waals surface area contributed by atoms with Gasteiger partial charge in [0.1, 0.15) is 23.1 Å². The summed E-state index contributed by atoms with van der Waals surface area (Å²) in [7, 11) is 3.53. The number of halogens is 1. The van der Waals surface area contributed by atoms with Crippen LogP contribution >= 0.6 is 0 Å². The molecule has 2 heterocycles. The van der Waals surface area contributed by atoms with Gasteiger partial charge in [0.15, 0.2) is 0 Å². The molecule has 2 fully saturated rings. The van der Waals surface area contributed by atoms with E-state index in [0.717, 1.165) is 45.2 Å². The van der Waals surface area contributed by atoms with Gasteiger partial charge in [-0.15, -0.1) is 0 Å². The number of amides is 2. The monoisotopic (exact) mass is 591 g/mol. The number of hydrogen-bond donors (Lipinski definition) is 1. The van der Waals surface area contributed by atoms with Gasteiger partial charge in [0, 0.05) is 56.6 Å². The molecular formula is C34H42FN3O5. The fourth-order valence-electron chi connectivity index (χ4n) is 6.17. The van der Waals surface area contributed by atoms with Gasteiger partial charge >= 0.3 is 6.03 Å². The van der Waals surface area contributed by atoms with Gasteiger partial charge in [-0.3, -0.25) is 4.79 Å². The van der Waals surface area contributed by atoms with Gasteiger partial charge in [-0.2, -0.15) is 0 Å². The van der Waals surface area contributed by atoms with E-state index < -0.39 is 5.60 Å². The lowest BCUT2D eigenvalue weighted by molar-refractivity contribution is 0.0749. The van der Waals surface area contributed by atoms with Gasteiger partial charge in [-0.1, -0.05) is 6.07 Å². The highest BCUT2D eigenvalue weighted by atomic mass is 19.1. The summed E-state index contributed by atoms with van der Waals surface area (Å²) >= 11 is 0. The summed E-state index contributed by atoms with van der Waals surface area (Å²) in [5.41, 5.74) is 1.93. The molecule has 1 aliphatic heterocycles. The number of carbonyl (C=O) groups excluding carboxylic acids is 1. The number of pyridine rings is 1. The molecule has 8 nitrogen and oxygen atoms in total. The molecule has 3 aromatic rings. The number of ether oxygens (including phenoxy) is 2. The smallest absolute Gasteiger partial charge is 0.319 e. The first kappa shape index (κ1) is 30.6. The Labute approximate surface area is 252 Å². The first-order valence-electron chi connectivity index (χ1n) is 15.0. The van der Waals surface area contributed by atoms with Crippen LogP contribution in [-0.4, -0.2) is 57.8 Å². The lowest BCUT2D eigenvalue weighted by atomic mass is 9.91. The zero-order valence-corrected chi connectivity index (χ0v) is 25.9. The van der Waals surface area contributed by atoms with Crippen molar-refractivity contribution in [2.75, 3.05) is 20.1 Å². The summed E-state index contributed by atoms with van der Waals surface area (Å²) in [6.45, 7) is 8.59. The maximum absolute atomic E-state index is 14.0. The molecule has 2 aromatic carbocycles. The largest absolute Gasteiger partial charge is 0.490 e. The van der Waals surface area contributed by atoms with Crippen molar-refractivity contribution in [1.82, 2.24) is 14.4 Å². The molecule has 1 saturated heterocycles. The molecule has 0 spiro atoms. The van der Waals surface area contributed by atoms with Crippen molar-refractivity contribution in [2.24, 2.45) is 7.05 Å². The number of rotatable bonds is 7. The average Bonchev–Trinajstić information content (AvgIpc) is 2.94. The molecular weight excluding hydrogens is 549 g/mol. The topological polar surface area (TPSA) is 84.2 Å². The number of aromatic nitrogens is 1. The predicted octanol–water partition coefficient (Wildman–Crippen LogP) is 6.28. The number of carbonyl (C=O) groups is 1. The van der Waals surface area contributed by atoms with Crippen LogP contribution in [0.15, 0.2) is 47.4 Å². The van der Waals surface area contributed by atoms with E-state index in [1.165, 1.54) is 22.8 Å². The van der Waals surface area contributed by atoms with E-state index in [1.54, 1.807) is 58.0 Å². The van der Waals surface area contributed by atoms with Gasteiger partial charge in [0.05, 0.1) is 11.7 Å². The Morgan fingerprint density at radius 2 is 1.58 bits per heavy atom. The first-order valence-corrected chi connectivity index (χ1v) is 15.0.